The molecular formula is C21H20N4OS. The fraction of sp³-hybridized carbons (Fsp3) is 0.190. The Bertz CT molecular complexity index is 1030. The van der Waals surface area contributed by atoms with Gasteiger partial charge in [-0.15, -0.1) is 0 Å². The number of aryl methyl sites for hydroxylation is 4. The molecule has 0 amide bonds. The van der Waals surface area contributed by atoms with Gasteiger partial charge in [0.1, 0.15) is 5.75 Å². The Kier molecular flexibility index (Phi) is 4.98. The van der Waals surface area contributed by atoms with Crippen molar-refractivity contribution in [1.29, 1.82) is 0 Å². The molecule has 0 aliphatic rings. The number of benzene rings is 2. The van der Waals surface area contributed by atoms with Crippen LogP contribution in [0.2, 0.25) is 0 Å². The van der Waals surface area contributed by atoms with Gasteiger partial charge in [0.25, 0.3) is 5.19 Å². The molecule has 0 fully saturated rings. The first-order valence-corrected chi connectivity index (χ1v) is 9.59. The van der Waals surface area contributed by atoms with Gasteiger partial charge in [-0.2, -0.15) is 9.36 Å². The van der Waals surface area contributed by atoms with Crippen molar-refractivity contribution in [3.8, 4) is 22.3 Å². The van der Waals surface area contributed by atoms with Crippen molar-refractivity contribution in [3.05, 3.63) is 77.9 Å². The molecule has 6 heteroatoms. The van der Waals surface area contributed by atoms with Crippen LogP contribution >= 0.6 is 11.5 Å². The first kappa shape index (κ1) is 17.4. The maximum Gasteiger partial charge on any atom is 0.299 e. The van der Waals surface area contributed by atoms with E-state index in [1.807, 2.05) is 42.9 Å². The van der Waals surface area contributed by atoms with Crippen LogP contribution in [0.1, 0.15) is 16.7 Å². The predicted molar refractivity (Wildman–Crippen MR) is 107 cm³/mol. The summed E-state index contributed by atoms with van der Waals surface area (Å²) in [5, 5.41) is 0.558. The maximum absolute atomic E-state index is 6.03. The molecule has 136 valence electrons. The van der Waals surface area contributed by atoms with Crippen LogP contribution in [0.15, 0.2) is 61.2 Å². The van der Waals surface area contributed by atoms with Crippen molar-refractivity contribution in [3.63, 3.8) is 0 Å². The maximum atomic E-state index is 6.03. The summed E-state index contributed by atoms with van der Waals surface area (Å²) >= 11 is 1.27. The van der Waals surface area contributed by atoms with Crippen LogP contribution in [-0.4, -0.2) is 18.9 Å². The summed E-state index contributed by atoms with van der Waals surface area (Å²) in [4.78, 5) is 8.60. The molecule has 2 aromatic carbocycles. The Morgan fingerprint density at radius 1 is 1.07 bits per heavy atom. The average molecular weight is 376 g/mol. The van der Waals surface area contributed by atoms with Crippen LogP contribution < -0.4 is 4.74 Å². The van der Waals surface area contributed by atoms with Gasteiger partial charge in [0.2, 0.25) is 0 Å². The first-order chi connectivity index (χ1) is 13.2. The summed E-state index contributed by atoms with van der Waals surface area (Å²) in [6, 6.07) is 14.2. The Hall–Kier alpha value is -2.99. The topological polar surface area (TPSA) is 52.8 Å². The Labute approximate surface area is 162 Å². The molecule has 0 aliphatic carbocycles. The zero-order valence-electron chi connectivity index (χ0n) is 15.3. The van der Waals surface area contributed by atoms with Gasteiger partial charge in [-0.05, 0) is 43.0 Å². The molecule has 0 N–H and O–H groups in total. The molecule has 0 radical (unpaired) electrons. The SMILES string of the molecule is Cc1cc(Oc2nc(-c3ccccc3)ns2)c(C)cc1CCn1ccnc1. The van der Waals surface area contributed by atoms with Gasteiger partial charge in [0.05, 0.1) is 6.33 Å². The van der Waals surface area contributed by atoms with Crippen molar-refractivity contribution in [2.75, 3.05) is 0 Å². The monoisotopic (exact) mass is 376 g/mol. The second-order valence-corrected chi connectivity index (χ2v) is 7.16. The highest BCUT2D eigenvalue weighted by atomic mass is 32.1. The highest BCUT2D eigenvalue weighted by molar-refractivity contribution is 7.07. The predicted octanol–water partition coefficient (Wildman–Crippen LogP) is 5.05. The number of hydrogen-bond acceptors (Lipinski definition) is 5. The number of aromatic nitrogens is 4. The third kappa shape index (κ3) is 4.06. The van der Waals surface area contributed by atoms with E-state index in [-0.39, 0.29) is 0 Å². The number of rotatable bonds is 6. The second-order valence-electron chi connectivity index (χ2n) is 6.45. The van der Waals surface area contributed by atoms with Gasteiger partial charge in [0.15, 0.2) is 5.82 Å². The molecule has 0 aliphatic heterocycles. The van der Waals surface area contributed by atoms with Crippen LogP contribution in [0.5, 0.6) is 10.9 Å². The van der Waals surface area contributed by atoms with Crippen molar-refractivity contribution in [1.82, 2.24) is 18.9 Å². The largest absolute Gasteiger partial charge is 0.430 e. The summed E-state index contributed by atoms with van der Waals surface area (Å²) in [7, 11) is 0. The van der Waals surface area contributed by atoms with E-state index in [1.165, 1.54) is 22.7 Å². The van der Waals surface area contributed by atoms with Gasteiger partial charge < -0.3 is 9.30 Å². The number of nitrogens with zero attached hydrogens (tertiary/aromatic N) is 4. The number of imidazole rings is 1. The molecule has 2 heterocycles. The molecular weight excluding hydrogens is 356 g/mol. The first-order valence-electron chi connectivity index (χ1n) is 8.82. The van der Waals surface area contributed by atoms with Crippen molar-refractivity contribution in [2.45, 2.75) is 26.8 Å². The molecule has 0 unspecified atom stereocenters. The highest BCUT2D eigenvalue weighted by Gasteiger charge is 2.11. The van der Waals surface area contributed by atoms with Crippen molar-refractivity contribution < 1.29 is 4.74 Å². The lowest BCUT2D eigenvalue weighted by molar-refractivity contribution is 0.475. The summed E-state index contributed by atoms with van der Waals surface area (Å²) < 4.78 is 12.5. The van der Waals surface area contributed by atoms with Crippen molar-refractivity contribution >= 4 is 11.5 Å². The lowest BCUT2D eigenvalue weighted by Crippen LogP contribution is -2.01. The minimum Gasteiger partial charge on any atom is -0.430 e. The van der Waals surface area contributed by atoms with Gasteiger partial charge in [-0.3, -0.25) is 0 Å². The molecule has 0 atom stereocenters. The minimum atomic E-state index is 0.558. The van der Waals surface area contributed by atoms with E-state index in [2.05, 4.69) is 44.9 Å². The van der Waals surface area contributed by atoms with Gasteiger partial charge in [0, 0.05) is 36.0 Å². The van der Waals surface area contributed by atoms with E-state index >= 15 is 0 Å². The lowest BCUT2D eigenvalue weighted by atomic mass is 10.0. The van der Waals surface area contributed by atoms with E-state index in [9.17, 15) is 0 Å². The summed E-state index contributed by atoms with van der Waals surface area (Å²) in [6.45, 7) is 5.09. The summed E-state index contributed by atoms with van der Waals surface area (Å²) in [5.74, 6) is 1.52. The van der Waals surface area contributed by atoms with E-state index in [1.54, 1.807) is 6.20 Å². The fourth-order valence-corrected chi connectivity index (χ4v) is 3.51. The number of ether oxygens (including phenoxy) is 1. The van der Waals surface area contributed by atoms with Gasteiger partial charge in [-0.25, -0.2) is 4.98 Å². The fourth-order valence-electron chi connectivity index (χ4n) is 2.95. The lowest BCUT2D eigenvalue weighted by Gasteiger charge is -2.12. The Morgan fingerprint density at radius 2 is 1.93 bits per heavy atom. The average Bonchev–Trinajstić information content (AvgIpc) is 3.36. The van der Waals surface area contributed by atoms with Gasteiger partial charge >= 0.3 is 0 Å². The molecule has 0 spiro atoms. The Balaban J connectivity index is 1.49. The Morgan fingerprint density at radius 3 is 2.70 bits per heavy atom. The van der Waals surface area contributed by atoms with Crippen LogP contribution in [0.4, 0.5) is 0 Å². The van der Waals surface area contributed by atoms with E-state index in [4.69, 9.17) is 4.74 Å². The third-order valence-electron chi connectivity index (χ3n) is 4.47. The quantitative estimate of drug-likeness (QED) is 0.472. The standard InChI is InChI=1S/C21H20N4OS/c1-15-13-19(16(2)12-18(15)8-10-25-11-9-22-14-25)26-21-23-20(24-27-21)17-6-4-3-5-7-17/h3-7,9,11-14H,8,10H2,1-2H3. The van der Waals surface area contributed by atoms with Crippen LogP contribution in [0.3, 0.4) is 0 Å². The zero-order valence-corrected chi connectivity index (χ0v) is 16.1. The molecule has 0 bridgehead atoms. The molecule has 2 aromatic heterocycles. The van der Waals surface area contributed by atoms with Crippen LogP contribution in [0, 0.1) is 13.8 Å². The molecule has 4 aromatic rings. The molecule has 4 rings (SSSR count). The van der Waals surface area contributed by atoms with E-state index in [0.29, 0.717) is 11.0 Å². The molecule has 0 saturated heterocycles. The van der Waals surface area contributed by atoms with Gasteiger partial charge in [-0.1, -0.05) is 36.4 Å². The number of hydrogen-bond donors (Lipinski definition) is 0. The third-order valence-corrected chi connectivity index (χ3v) is 5.06. The highest BCUT2D eigenvalue weighted by Crippen LogP contribution is 2.31. The molecule has 0 saturated carbocycles. The van der Waals surface area contributed by atoms with E-state index in [0.717, 1.165) is 29.8 Å². The molecule has 5 nitrogen and oxygen atoms in total. The van der Waals surface area contributed by atoms with Crippen molar-refractivity contribution in [2.24, 2.45) is 0 Å². The normalized spacial score (nSPS) is 10.9. The van der Waals surface area contributed by atoms with Crippen LogP contribution in [0.25, 0.3) is 11.4 Å². The zero-order chi connectivity index (χ0) is 18.6. The summed E-state index contributed by atoms with van der Waals surface area (Å²) in [5.41, 5.74) is 4.61. The molecule has 27 heavy (non-hydrogen) atoms. The van der Waals surface area contributed by atoms with E-state index < -0.39 is 0 Å². The summed E-state index contributed by atoms with van der Waals surface area (Å²) in [6.07, 6.45) is 6.60. The minimum absolute atomic E-state index is 0.558. The van der Waals surface area contributed by atoms with Crippen LogP contribution in [-0.2, 0) is 13.0 Å². The smallest absolute Gasteiger partial charge is 0.299 e. The second kappa shape index (κ2) is 7.72.